The molecule has 0 saturated carbocycles. The van der Waals surface area contributed by atoms with Crippen molar-refractivity contribution in [1.29, 1.82) is 0 Å². The highest BCUT2D eigenvalue weighted by atomic mass is 79.9. The maximum Gasteiger partial charge on any atom is 0.336 e. The molecular weight excluding hydrogens is 280 g/mol. The fraction of sp³-hybridized carbons (Fsp3) is 0.200. The fourth-order valence-corrected chi connectivity index (χ4v) is 1.77. The van der Waals surface area contributed by atoms with Gasteiger partial charge in [0.15, 0.2) is 0 Å². The van der Waals surface area contributed by atoms with Crippen molar-refractivity contribution in [3.8, 4) is 0 Å². The summed E-state index contributed by atoms with van der Waals surface area (Å²) in [6.07, 6.45) is 0. The van der Waals surface area contributed by atoms with Gasteiger partial charge >= 0.3 is 5.97 Å². The zero-order valence-corrected chi connectivity index (χ0v) is 10.4. The molecule has 3 nitrogen and oxygen atoms in total. The number of thiol groups is 1. The monoisotopic (exact) mass is 288 g/mol. The van der Waals surface area contributed by atoms with Gasteiger partial charge < -0.3 is 5.11 Å². The van der Waals surface area contributed by atoms with Crippen molar-refractivity contribution in [1.82, 2.24) is 0 Å². The van der Waals surface area contributed by atoms with Gasteiger partial charge in [-0.05, 0) is 24.6 Å². The first-order valence-electron chi connectivity index (χ1n) is 4.14. The SMILES string of the molecule is CC(=O)C(Br)c1ccc(S)cc1C(=O)O. The van der Waals surface area contributed by atoms with E-state index >= 15 is 0 Å². The van der Waals surface area contributed by atoms with E-state index < -0.39 is 10.8 Å². The molecule has 80 valence electrons. The van der Waals surface area contributed by atoms with Crippen molar-refractivity contribution in [3.63, 3.8) is 0 Å². The third-order valence-corrected chi connectivity index (χ3v) is 3.31. The molecule has 1 rings (SSSR count). The Hall–Kier alpha value is -0.810. The average molecular weight is 289 g/mol. The number of carboxylic acids is 1. The molecule has 1 N–H and O–H groups in total. The van der Waals surface area contributed by atoms with E-state index in [9.17, 15) is 9.59 Å². The number of alkyl halides is 1. The standard InChI is InChI=1S/C10H9BrO3S/c1-5(12)9(11)7-3-2-6(15)4-8(7)10(13)14/h2-4,9,15H,1H3,(H,13,14). The Balaban J connectivity index is 3.28. The van der Waals surface area contributed by atoms with Gasteiger partial charge in [0, 0.05) is 4.90 Å². The molecular formula is C10H9BrO3S. The van der Waals surface area contributed by atoms with Crippen molar-refractivity contribution in [2.75, 3.05) is 0 Å². The molecule has 1 aromatic rings. The molecule has 0 aliphatic rings. The summed E-state index contributed by atoms with van der Waals surface area (Å²) in [7, 11) is 0. The number of carboxylic acid groups (broad SMARTS) is 1. The molecule has 0 amide bonds. The Kier molecular flexibility index (Phi) is 3.93. The van der Waals surface area contributed by atoms with E-state index in [0.29, 0.717) is 10.5 Å². The lowest BCUT2D eigenvalue weighted by Gasteiger charge is -2.10. The number of benzene rings is 1. The highest BCUT2D eigenvalue weighted by Gasteiger charge is 2.20. The minimum absolute atomic E-state index is 0.0968. The Morgan fingerprint density at radius 2 is 2.07 bits per heavy atom. The van der Waals surface area contributed by atoms with E-state index in [-0.39, 0.29) is 11.3 Å². The minimum Gasteiger partial charge on any atom is -0.478 e. The number of rotatable bonds is 3. The Morgan fingerprint density at radius 3 is 2.53 bits per heavy atom. The van der Waals surface area contributed by atoms with Crippen LogP contribution in [0, 0.1) is 0 Å². The van der Waals surface area contributed by atoms with Gasteiger partial charge in [-0.15, -0.1) is 12.6 Å². The second kappa shape index (κ2) is 4.81. The number of hydrogen-bond donors (Lipinski definition) is 2. The lowest BCUT2D eigenvalue weighted by atomic mass is 10.0. The molecule has 15 heavy (non-hydrogen) atoms. The van der Waals surface area contributed by atoms with Crippen LogP contribution in [0.5, 0.6) is 0 Å². The topological polar surface area (TPSA) is 54.4 Å². The van der Waals surface area contributed by atoms with E-state index in [1.54, 1.807) is 12.1 Å². The first-order chi connectivity index (χ1) is 6.93. The molecule has 0 spiro atoms. The quantitative estimate of drug-likeness (QED) is 0.664. The van der Waals surface area contributed by atoms with Gasteiger partial charge in [-0.3, -0.25) is 4.79 Å². The number of hydrogen-bond acceptors (Lipinski definition) is 3. The van der Waals surface area contributed by atoms with Gasteiger partial charge in [0.05, 0.1) is 10.4 Å². The van der Waals surface area contributed by atoms with Crippen LogP contribution in [0.15, 0.2) is 23.1 Å². The Labute approximate surface area is 101 Å². The highest BCUT2D eigenvalue weighted by Crippen LogP contribution is 2.28. The minimum atomic E-state index is -1.06. The molecule has 0 aliphatic heterocycles. The lowest BCUT2D eigenvalue weighted by Crippen LogP contribution is -2.08. The number of aromatic carboxylic acids is 1. The lowest BCUT2D eigenvalue weighted by molar-refractivity contribution is -0.116. The van der Waals surface area contributed by atoms with Crippen LogP contribution in [-0.4, -0.2) is 16.9 Å². The second-order valence-corrected chi connectivity index (χ2v) is 4.48. The molecule has 0 aliphatic carbocycles. The first-order valence-corrected chi connectivity index (χ1v) is 5.50. The van der Waals surface area contributed by atoms with Crippen LogP contribution in [0.25, 0.3) is 0 Å². The molecule has 1 unspecified atom stereocenters. The van der Waals surface area contributed by atoms with E-state index in [1.807, 2.05) is 0 Å². The highest BCUT2D eigenvalue weighted by molar-refractivity contribution is 9.09. The summed E-state index contributed by atoms with van der Waals surface area (Å²) in [5, 5.41) is 8.95. The molecule has 0 heterocycles. The second-order valence-electron chi connectivity index (χ2n) is 3.05. The maximum atomic E-state index is 11.1. The fourth-order valence-electron chi connectivity index (χ4n) is 1.17. The van der Waals surface area contributed by atoms with E-state index in [4.69, 9.17) is 5.11 Å². The molecule has 1 aromatic carbocycles. The molecule has 0 aromatic heterocycles. The number of ketones is 1. The van der Waals surface area contributed by atoms with Crippen LogP contribution in [0.1, 0.15) is 27.7 Å². The summed E-state index contributed by atoms with van der Waals surface area (Å²) in [6, 6.07) is 4.67. The summed E-state index contributed by atoms with van der Waals surface area (Å²) in [6.45, 7) is 1.40. The molecule has 5 heteroatoms. The van der Waals surface area contributed by atoms with Crippen LogP contribution in [0.4, 0.5) is 0 Å². The van der Waals surface area contributed by atoms with Gasteiger partial charge in [-0.25, -0.2) is 4.79 Å². The Bertz CT molecular complexity index is 417. The number of carbonyl (C=O) groups excluding carboxylic acids is 1. The molecule has 0 fully saturated rings. The number of carbonyl (C=O) groups is 2. The molecule has 0 radical (unpaired) electrons. The van der Waals surface area contributed by atoms with Gasteiger partial charge in [0.25, 0.3) is 0 Å². The predicted octanol–water partition coefficient (Wildman–Crippen LogP) is 2.70. The van der Waals surface area contributed by atoms with E-state index in [0.717, 1.165) is 0 Å². The molecule has 0 saturated heterocycles. The van der Waals surface area contributed by atoms with Crippen LogP contribution in [0.3, 0.4) is 0 Å². The van der Waals surface area contributed by atoms with Gasteiger partial charge in [0.2, 0.25) is 0 Å². The van der Waals surface area contributed by atoms with Crippen molar-refractivity contribution in [2.45, 2.75) is 16.6 Å². The van der Waals surface area contributed by atoms with Crippen molar-refractivity contribution in [2.24, 2.45) is 0 Å². The van der Waals surface area contributed by atoms with Crippen LogP contribution < -0.4 is 0 Å². The molecule has 1 atom stereocenters. The Morgan fingerprint density at radius 1 is 1.47 bits per heavy atom. The average Bonchev–Trinajstić information content (AvgIpc) is 2.16. The van der Waals surface area contributed by atoms with Crippen molar-refractivity contribution < 1.29 is 14.7 Å². The van der Waals surface area contributed by atoms with Gasteiger partial charge in [-0.1, -0.05) is 22.0 Å². The normalized spacial score (nSPS) is 12.2. The summed E-state index contributed by atoms with van der Waals surface area (Å²) >= 11 is 7.21. The van der Waals surface area contributed by atoms with E-state index in [1.165, 1.54) is 13.0 Å². The van der Waals surface area contributed by atoms with Crippen LogP contribution >= 0.6 is 28.6 Å². The summed E-state index contributed by atoms with van der Waals surface area (Å²) in [5.74, 6) is -1.20. The third kappa shape index (κ3) is 2.82. The number of Topliss-reactive ketones (excluding diaryl/α,β-unsaturated/α-hetero) is 1. The van der Waals surface area contributed by atoms with Crippen molar-refractivity contribution >= 4 is 40.3 Å². The van der Waals surface area contributed by atoms with Gasteiger partial charge in [-0.2, -0.15) is 0 Å². The third-order valence-electron chi connectivity index (χ3n) is 1.90. The van der Waals surface area contributed by atoms with E-state index in [2.05, 4.69) is 28.6 Å². The summed E-state index contributed by atoms with van der Waals surface area (Å²) in [5.41, 5.74) is 0.548. The molecule has 0 bridgehead atoms. The zero-order chi connectivity index (χ0) is 11.6. The van der Waals surface area contributed by atoms with Gasteiger partial charge in [0.1, 0.15) is 5.78 Å². The first kappa shape index (κ1) is 12.3. The maximum absolute atomic E-state index is 11.1. The van der Waals surface area contributed by atoms with Crippen molar-refractivity contribution in [3.05, 3.63) is 29.3 Å². The summed E-state index contributed by atoms with van der Waals surface area (Å²) in [4.78, 5) is 22.0. The van der Waals surface area contributed by atoms with Crippen LogP contribution in [0.2, 0.25) is 0 Å². The summed E-state index contributed by atoms with van der Waals surface area (Å²) < 4.78 is 0. The number of halogens is 1. The largest absolute Gasteiger partial charge is 0.478 e. The van der Waals surface area contributed by atoms with Crippen LogP contribution in [-0.2, 0) is 4.79 Å². The smallest absolute Gasteiger partial charge is 0.336 e. The zero-order valence-electron chi connectivity index (χ0n) is 7.90. The predicted molar refractivity (Wildman–Crippen MR) is 63.0 cm³/mol.